The van der Waals surface area contributed by atoms with Gasteiger partial charge in [0.1, 0.15) is 0 Å². The van der Waals surface area contributed by atoms with E-state index < -0.39 is 9.84 Å². The minimum Gasteiger partial charge on any atom is -0.337 e. The zero-order valence-electron chi connectivity index (χ0n) is 11.8. The standard InChI is InChI=1S/C14H20N2O3S/c1-3-20(18,19)9-8-15-14(17)16-11(2)10-12-6-4-5-7-13(12)16/h4-7,11H,3,8-10H2,1-2H3,(H,15,17)/t11-/m1/s1. The van der Waals surface area contributed by atoms with Gasteiger partial charge in [0.15, 0.2) is 9.84 Å². The summed E-state index contributed by atoms with van der Waals surface area (Å²) < 4.78 is 22.8. The molecule has 1 aliphatic rings. The number of hydrogen-bond acceptors (Lipinski definition) is 3. The van der Waals surface area contributed by atoms with Crippen LogP contribution in [0.1, 0.15) is 19.4 Å². The summed E-state index contributed by atoms with van der Waals surface area (Å²) in [6.45, 7) is 3.75. The Bertz CT molecular complexity index is 598. The number of para-hydroxylation sites is 1. The molecule has 0 unspecified atom stereocenters. The van der Waals surface area contributed by atoms with Crippen molar-refractivity contribution in [1.82, 2.24) is 5.32 Å². The molecule has 2 amide bonds. The number of fused-ring (bicyclic) bond motifs is 1. The Morgan fingerprint density at radius 2 is 2.10 bits per heavy atom. The Labute approximate surface area is 119 Å². The van der Waals surface area contributed by atoms with Gasteiger partial charge >= 0.3 is 6.03 Å². The quantitative estimate of drug-likeness (QED) is 0.917. The van der Waals surface area contributed by atoms with E-state index in [1.807, 2.05) is 31.2 Å². The molecule has 5 nitrogen and oxygen atoms in total. The van der Waals surface area contributed by atoms with Crippen LogP contribution in [0, 0.1) is 0 Å². The zero-order chi connectivity index (χ0) is 14.8. The van der Waals surface area contributed by atoms with Crippen LogP contribution in [0.2, 0.25) is 0 Å². The van der Waals surface area contributed by atoms with Crippen LogP contribution in [-0.2, 0) is 16.3 Å². The van der Waals surface area contributed by atoms with Crippen LogP contribution in [0.25, 0.3) is 0 Å². The predicted octanol–water partition coefficient (Wildman–Crippen LogP) is 1.58. The molecule has 20 heavy (non-hydrogen) atoms. The number of carbonyl (C=O) groups excluding carboxylic acids is 1. The third kappa shape index (κ3) is 3.12. The average molecular weight is 296 g/mol. The molecule has 110 valence electrons. The molecule has 6 heteroatoms. The van der Waals surface area contributed by atoms with E-state index in [1.165, 1.54) is 0 Å². The summed E-state index contributed by atoms with van der Waals surface area (Å²) >= 11 is 0. The number of nitrogens with one attached hydrogen (secondary N) is 1. The summed E-state index contributed by atoms with van der Waals surface area (Å²) in [5.74, 6) is 0.0882. The van der Waals surface area contributed by atoms with E-state index in [-0.39, 0.29) is 30.1 Å². The minimum atomic E-state index is -3.05. The Morgan fingerprint density at radius 1 is 1.40 bits per heavy atom. The number of sulfone groups is 1. The van der Waals surface area contributed by atoms with Gasteiger partial charge < -0.3 is 5.32 Å². The fourth-order valence-electron chi connectivity index (χ4n) is 2.42. The molecule has 1 heterocycles. The molecule has 0 saturated carbocycles. The summed E-state index contributed by atoms with van der Waals surface area (Å²) in [7, 11) is -3.05. The Hall–Kier alpha value is -1.56. The molecule has 0 aliphatic carbocycles. The second-order valence-corrected chi connectivity index (χ2v) is 7.49. The third-order valence-corrected chi connectivity index (χ3v) is 5.26. The van der Waals surface area contributed by atoms with E-state index in [4.69, 9.17) is 0 Å². The molecule has 0 spiro atoms. The SMILES string of the molecule is CCS(=O)(=O)CCNC(=O)N1c2ccccc2C[C@H]1C. The lowest BCUT2D eigenvalue weighted by Crippen LogP contribution is -2.44. The van der Waals surface area contributed by atoms with Crippen LogP contribution < -0.4 is 10.2 Å². The summed E-state index contributed by atoms with van der Waals surface area (Å²) in [6, 6.07) is 7.66. The Kier molecular flexibility index (Phi) is 4.32. The maximum atomic E-state index is 12.2. The van der Waals surface area contributed by atoms with E-state index in [0.717, 1.165) is 17.7 Å². The zero-order valence-corrected chi connectivity index (χ0v) is 12.6. The van der Waals surface area contributed by atoms with Crippen molar-refractivity contribution in [2.24, 2.45) is 0 Å². The molecule has 0 fully saturated rings. The van der Waals surface area contributed by atoms with Gasteiger partial charge in [-0.2, -0.15) is 0 Å². The van der Waals surface area contributed by atoms with Crippen molar-refractivity contribution in [2.45, 2.75) is 26.3 Å². The first-order valence-electron chi connectivity index (χ1n) is 6.80. The molecule has 1 N–H and O–H groups in total. The van der Waals surface area contributed by atoms with E-state index in [2.05, 4.69) is 5.32 Å². The molecule has 0 saturated heterocycles. The number of benzene rings is 1. The minimum absolute atomic E-state index is 0.0148. The average Bonchev–Trinajstić information content (AvgIpc) is 2.74. The number of amides is 2. The highest BCUT2D eigenvalue weighted by atomic mass is 32.2. The van der Waals surface area contributed by atoms with Gasteiger partial charge in [-0.05, 0) is 25.0 Å². The maximum absolute atomic E-state index is 12.2. The second-order valence-electron chi connectivity index (χ2n) is 5.02. The van der Waals surface area contributed by atoms with Crippen molar-refractivity contribution < 1.29 is 13.2 Å². The van der Waals surface area contributed by atoms with Crippen molar-refractivity contribution in [1.29, 1.82) is 0 Å². The van der Waals surface area contributed by atoms with E-state index in [1.54, 1.807) is 11.8 Å². The first-order valence-corrected chi connectivity index (χ1v) is 8.62. The first kappa shape index (κ1) is 14.8. The van der Waals surface area contributed by atoms with Crippen LogP contribution in [0.15, 0.2) is 24.3 Å². The smallest absolute Gasteiger partial charge is 0.322 e. The summed E-state index contributed by atoms with van der Waals surface area (Å²) in [5, 5.41) is 2.69. The van der Waals surface area contributed by atoms with Gasteiger partial charge in [0, 0.05) is 24.0 Å². The molecule has 1 aromatic carbocycles. The summed E-state index contributed by atoms with van der Waals surface area (Å²) in [6.07, 6.45) is 0.830. The monoisotopic (exact) mass is 296 g/mol. The predicted molar refractivity (Wildman–Crippen MR) is 79.8 cm³/mol. The maximum Gasteiger partial charge on any atom is 0.322 e. The molecule has 0 radical (unpaired) electrons. The van der Waals surface area contributed by atoms with E-state index >= 15 is 0 Å². The lowest BCUT2D eigenvalue weighted by molar-refractivity contribution is 0.245. The van der Waals surface area contributed by atoms with Gasteiger partial charge in [0.05, 0.1) is 5.75 Å². The second kappa shape index (κ2) is 5.83. The molecule has 0 aromatic heterocycles. The largest absolute Gasteiger partial charge is 0.337 e. The fourth-order valence-corrected chi connectivity index (χ4v) is 3.12. The number of anilines is 1. The van der Waals surface area contributed by atoms with Crippen LogP contribution in [0.5, 0.6) is 0 Å². The number of hydrogen-bond donors (Lipinski definition) is 1. The fraction of sp³-hybridized carbons (Fsp3) is 0.500. The number of nitrogens with zero attached hydrogens (tertiary/aromatic N) is 1. The van der Waals surface area contributed by atoms with E-state index in [9.17, 15) is 13.2 Å². The highest BCUT2D eigenvalue weighted by Gasteiger charge is 2.30. The van der Waals surface area contributed by atoms with Crippen LogP contribution >= 0.6 is 0 Å². The van der Waals surface area contributed by atoms with Gasteiger partial charge in [-0.3, -0.25) is 4.90 Å². The highest BCUT2D eigenvalue weighted by Crippen LogP contribution is 2.31. The molecule has 1 atom stereocenters. The normalized spacial score (nSPS) is 17.9. The van der Waals surface area contributed by atoms with Crippen LogP contribution in [0.4, 0.5) is 10.5 Å². The number of rotatable bonds is 4. The summed E-state index contributed by atoms with van der Waals surface area (Å²) in [4.78, 5) is 13.9. The third-order valence-electron chi connectivity index (χ3n) is 3.56. The van der Waals surface area contributed by atoms with Crippen molar-refractivity contribution in [2.75, 3.05) is 23.0 Å². The van der Waals surface area contributed by atoms with Crippen LogP contribution in [0.3, 0.4) is 0 Å². The molecule has 0 bridgehead atoms. The van der Waals surface area contributed by atoms with E-state index in [0.29, 0.717) is 0 Å². The van der Waals surface area contributed by atoms with Gasteiger partial charge in [-0.15, -0.1) is 0 Å². The number of carbonyl (C=O) groups is 1. The van der Waals surface area contributed by atoms with Crippen LogP contribution in [-0.4, -0.2) is 38.5 Å². The van der Waals surface area contributed by atoms with Crippen molar-refractivity contribution in [3.63, 3.8) is 0 Å². The van der Waals surface area contributed by atoms with Crippen molar-refractivity contribution >= 4 is 21.6 Å². The Balaban J connectivity index is 2.00. The lowest BCUT2D eigenvalue weighted by atomic mass is 10.1. The van der Waals surface area contributed by atoms with Gasteiger partial charge in [0.25, 0.3) is 0 Å². The molecule has 1 aliphatic heterocycles. The number of urea groups is 1. The molecular weight excluding hydrogens is 276 g/mol. The van der Waals surface area contributed by atoms with Gasteiger partial charge in [-0.25, -0.2) is 13.2 Å². The lowest BCUT2D eigenvalue weighted by Gasteiger charge is -2.23. The molecular formula is C14H20N2O3S. The Morgan fingerprint density at radius 3 is 2.80 bits per heavy atom. The van der Waals surface area contributed by atoms with Crippen molar-refractivity contribution in [3.05, 3.63) is 29.8 Å². The van der Waals surface area contributed by atoms with Gasteiger partial charge in [-0.1, -0.05) is 25.1 Å². The topological polar surface area (TPSA) is 66.5 Å². The van der Waals surface area contributed by atoms with Gasteiger partial charge in [0.2, 0.25) is 0 Å². The highest BCUT2D eigenvalue weighted by molar-refractivity contribution is 7.91. The first-order chi connectivity index (χ1) is 9.44. The summed E-state index contributed by atoms with van der Waals surface area (Å²) in [5.41, 5.74) is 2.06. The molecule has 2 rings (SSSR count). The van der Waals surface area contributed by atoms with Crippen molar-refractivity contribution in [3.8, 4) is 0 Å². The molecule has 1 aromatic rings.